The predicted octanol–water partition coefficient (Wildman–Crippen LogP) is 2.82. The van der Waals surface area contributed by atoms with Crippen LogP contribution in [0.3, 0.4) is 0 Å². The molecule has 0 spiro atoms. The van der Waals surface area contributed by atoms with Gasteiger partial charge in [0, 0.05) is 38.0 Å². The number of hydrogen-bond donors (Lipinski definition) is 0. The quantitative estimate of drug-likeness (QED) is 0.666. The van der Waals surface area contributed by atoms with Gasteiger partial charge in [0.1, 0.15) is 6.10 Å². The molecule has 3 heterocycles. The number of anilines is 1. The second kappa shape index (κ2) is 8.43. The van der Waals surface area contributed by atoms with E-state index in [-0.39, 0.29) is 22.9 Å². The zero-order valence-electron chi connectivity index (χ0n) is 16.5. The molecule has 3 aromatic rings. The van der Waals surface area contributed by atoms with Gasteiger partial charge < -0.3 is 9.64 Å². The minimum atomic E-state index is -0.533. The van der Waals surface area contributed by atoms with Crippen LogP contribution in [0, 0.1) is 17.1 Å². The lowest BCUT2D eigenvalue weighted by Crippen LogP contribution is -2.34. The van der Waals surface area contributed by atoms with Gasteiger partial charge in [0.05, 0.1) is 30.1 Å². The number of halogens is 1. The maximum Gasteiger partial charge on any atom is 0.255 e. The third-order valence-corrected chi connectivity index (χ3v) is 5.11. The van der Waals surface area contributed by atoms with E-state index in [2.05, 4.69) is 16.0 Å². The summed E-state index contributed by atoms with van der Waals surface area (Å²) in [5, 5.41) is 9.19. The molecule has 0 saturated carbocycles. The fourth-order valence-corrected chi connectivity index (χ4v) is 3.55. The number of hydrogen-bond acceptors (Lipinski definition) is 6. The summed E-state index contributed by atoms with van der Waals surface area (Å²) in [7, 11) is 1.65. The molecule has 152 valence electrons. The van der Waals surface area contributed by atoms with Crippen LogP contribution >= 0.6 is 0 Å². The standard InChI is InChI=1S/C22H20FN5O2/c1-27-21(29)11-19(17-6-7-25-13-18(17)23)26-22(27)28-8-3-9-30-20(14-28)16-5-2-4-15(10-16)12-24/h2,4-7,10-11,13,20H,3,8-9,14H2,1H3/t20-/m0/s1. The van der Waals surface area contributed by atoms with Gasteiger partial charge in [-0.2, -0.15) is 5.26 Å². The monoisotopic (exact) mass is 405 g/mol. The zero-order valence-corrected chi connectivity index (χ0v) is 16.5. The van der Waals surface area contributed by atoms with E-state index in [9.17, 15) is 14.4 Å². The summed E-state index contributed by atoms with van der Waals surface area (Å²) in [6.45, 7) is 1.64. The second-order valence-corrected chi connectivity index (χ2v) is 7.09. The summed E-state index contributed by atoms with van der Waals surface area (Å²) in [5.74, 6) is -0.0877. The molecule has 0 radical (unpaired) electrons. The Labute approximate surface area is 173 Å². The minimum absolute atomic E-state index is 0.230. The molecule has 30 heavy (non-hydrogen) atoms. The van der Waals surface area contributed by atoms with E-state index in [1.807, 2.05) is 23.1 Å². The van der Waals surface area contributed by atoms with Crippen molar-refractivity contribution in [2.75, 3.05) is 24.6 Å². The van der Waals surface area contributed by atoms with Gasteiger partial charge in [0.2, 0.25) is 5.95 Å². The van der Waals surface area contributed by atoms with Crippen LogP contribution in [0.25, 0.3) is 11.3 Å². The van der Waals surface area contributed by atoms with Crippen LogP contribution in [0.4, 0.5) is 10.3 Å². The Balaban J connectivity index is 1.72. The molecule has 7 nitrogen and oxygen atoms in total. The molecule has 0 aliphatic carbocycles. The van der Waals surface area contributed by atoms with Gasteiger partial charge in [-0.25, -0.2) is 9.37 Å². The van der Waals surface area contributed by atoms with Crippen molar-refractivity contribution in [2.24, 2.45) is 7.05 Å². The highest BCUT2D eigenvalue weighted by molar-refractivity contribution is 5.60. The van der Waals surface area contributed by atoms with E-state index in [0.29, 0.717) is 31.2 Å². The predicted molar refractivity (Wildman–Crippen MR) is 109 cm³/mol. The Kier molecular flexibility index (Phi) is 5.55. The van der Waals surface area contributed by atoms with E-state index < -0.39 is 5.82 Å². The van der Waals surface area contributed by atoms with Gasteiger partial charge in [-0.3, -0.25) is 14.3 Å². The molecule has 2 aromatic heterocycles. The first-order valence-corrected chi connectivity index (χ1v) is 9.61. The molecule has 8 heteroatoms. The zero-order chi connectivity index (χ0) is 21.1. The average molecular weight is 405 g/mol. The lowest BCUT2D eigenvalue weighted by Gasteiger charge is -2.27. The highest BCUT2D eigenvalue weighted by atomic mass is 19.1. The van der Waals surface area contributed by atoms with Crippen LogP contribution in [-0.2, 0) is 11.8 Å². The molecule has 0 N–H and O–H groups in total. The maximum absolute atomic E-state index is 14.2. The van der Waals surface area contributed by atoms with Crippen LogP contribution in [0.15, 0.2) is 53.6 Å². The number of nitriles is 1. The number of nitrogens with zero attached hydrogens (tertiary/aromatic N) is 5. The van der Waals surface area contributed by atoms with Gasteiger partial charge in [-0.05, 0) is 30.2 Å². The normalized spacial score (nSPS) is 16.7. The molecule has 0 bridgehead atoms. The van der Waals surface area contributed by atoms with E-state index in [1.54, 1.807) is 13.1 Å². The Bertz CT molecular complexity index is 1170. The second-order valence-electron chi connectivity index (χ2n) is 7.09. The third kappa shape index (κ3) is 3.93. The largest absolute Gasteiger partial charge is 0.372 e. The molecule has 1 aliphatic heterocycles. The molecule has 1 saturated heterocycles. The summed E-state index contributed by atoms with van der Waals surface area (Å²) in [5.41, 5.74) is 1.67. The molecule has 1 fully saturated rings. The number of benzene rings is 1. The summed E-state index contributed by atoms with van der Waals surface area (Å²) < 4.78 is 21.7. The van der Waals surface area contributed by atoms with Crippen LogP contribution in [0.2, 0.25) is 0 Å². The first-order valence-electron chi connectivity index (χ1n) is 9.61. The molecular formula is C22H20FN5O2. The number of rotatable bonds is 3. The SMILES string of the molecule is Cn1c(N2CCCO[C@H](c3cccc(C#N)c3)C2)nc(-c2ccncc2F)cc1=O. The molecule has 1 aromatic carbocycles. The van der Waals surface area contributed by atoms with E-state index in [4.69, 9.17) is 4.74 Å². The number of aromatic nitrogens is 3. The highest BCUT2D eigenvalue weighted by Crippen LogP contribution is 2.26. The molecule has 1 aliphatic rings. The first-order chi connectivity index (χ1) is 14.6. The van der Waals surface area contributed by atoms with Gasteiger partial charge in [0.25, 0.3) is 5.56 Å². The lowest BCUT2D eigenvalue weighted by atomic mass is 10.1. The maximum atomic E-state index is 14.2. The van der Waals surface area contributed by atoms with Crippen molar-refractivity contribution in [3.63, 3.8) is 0 Å². The van der Waals surface area contributed by atoms with Crippen LogP contribution in [0.5, 0.6) is 0 Å². The Hall–Kier alpha value is -3.57. The Morgan fingerprint density at radius 2 is 2.17 bits per heavy atom. The summed E-state index contributed by atoms with van der Waals surface area (Å²) in [6.07, 6.45) is 3.04. The lowest BCUT2D eigenvalue weighted by molar-refractivity contribution is 0.0685. The van der Waals surface area contributed by atoms with Crippen molar-refractivity contribution < 1.29 is 9.13 Å². The third-order valence-electron chi connectivity index (χ3n) is 5.11. The van der Waals surface area contributed by atoms with E-state index in [0.717, 1.165) is 18.2 Å². The number of ether oxygens (including phenoxy) is 1. The van der Waals surface area contributed by atoms with E-state index in [1.165, 1.54) is 22.9 Å². The van der Waals surface area contributed by atoms with Gasteiger partial charge in [-0.15, -0.1) is 0 Å². The first kappa shape index (κ1) is 19.7. The van der Waals surface area contributed by atoms with Crippen molar-refractivity contribution in [1.82, 2.24) is 14.5 Å². The van der Waals surface area contributed by atoms with Crippen molar-refractivity contribution in [3.8, 4) is 17.3 Å². The van der Waals surface area contributed by atoms with Crippen molar-refractivity contribution in [2.45, 2.75) is 12.5 Å². The fourth-order valence-electron chi connectivity index (χ4n) is 3.55. The molecule has 0 unspecified atom stereocenters. The molecular weight excluding hydrogens is 385 g/mol. The van der Waals surface area contributed by atoms with Crippen molar-refractivity contribution in [1.29, 1.82) is 5.26 Å². The van der Waals surface area contributed by atoms with Crippen molar-refractivity contribution >= 4 is 5.95 Å². The minimum Gasteiger partial charge on any atom is -0.372 e. The Morgan fingerprint density at radius 1 is 1.30 bits per heavy atom. The fraction of sp³-hybridized carbons (Fsp3) is 0.273. The molecule has 1 atom stereocenters. The smallest absolute Gasteiger partial charge is 0.255 e. The van der Waals surface area contributed by atoms with E-state index >= 15 is 0 Å². The highest BCUT2D eigenvalue weighted by Gasteiger charge is 2.24. The Morgan fingerprint density at radius 3 is 2.97 bits per heavy atom. The van der Waals surface area contributed by atoms with Gasteiger partial charge in [0.15, 0.2) is 5.82 Å². The van der Waals surface area contributed by atoms with Crippen molar-refractivity contribution in [3.05, 3.63) is 76.1 Å². The molecule has 4 rings (SSSR count). The summed E-state index contributed by atoms with van der Waals surface area (Å²) >= 11 is 0. The number of pyridine rings is 1. The average Bonchev–Trinajstić information content (AvgIpc) is 3.02. The summed E-state index contributed by atoms with van der Waals surface area (Å²) in [6, 6.07) is 12.3. The molecule has 0 amide bonds. The topological polar surface area (TPSA) is 84.0 Å². The van der Waals surface area contributed by atoms with Crippen LogP contribution in [0.1, 0.15) is 23.7 Å². The van der Waals surface area contributed by atoms with Gasteiger partial charge >= 0.3 is 0 Å². The van der Waals surface area contributed by atoms with Crippen LogP contribution in [-0.4, -0.2) is 34.2 Å². The van der Waals surface area contributed by atoms with Gasteiger partial charge in [-0.1, -0.05) is 12.1 Å². The summed E-state index contributed by atoms with van der Waals surface area (Å²) in [4.78, 5) is 22.9. The van der Waals surface area contributed by atoms with Crippen LogP contribution < -0.4 is 10.5 Å².